The van der Waals surface area contributed by atoms with Crippen LogP contribution in [0.2, 0.25) is 0 Å². The number of aryl methyl sites for hydroxylation is 1. The Kier molecular flexibility index (Phi) is 4.26. The summed E-state index contributed by atoms with van der Waals surface area (Å²) in [5, 5.41) is 18.6. The van der Waals surface area contributed by atoms with E-state index in [0.29, 0.717) is 13.1 Å². The van der Waals surface area contributed by atoms with Crippen molar-refractivity contribution >= 4 is 12.0 Å². The lowest BCUT2D eigenvalue weighted by Gasteiger charge is -2.26. The van der Waals surface area contributed by atoms with Crippen molar-refractivity contribution in [3.8, 4) is 0 Å². The molecular formula is C13H20N4O3. The lowest BCUT2D eigenvalue weighted by Crippen LogP contribution is -2.56. The summed E-state index contributed by atoms with van der Waals surface area (Å²) in [6.45, 7) is 2.76. The number of carboxylic acids is 1. The molecule has 0 aliphatic heterocycles. The van der Waals surface area contributed by atoms with Crippen LogP contribution in [0, 0.1) is 5.92 Å². The summed E-state index contributed by atoms with van der Waals surface area (Å²) in [4.78, 5) is 23.0. The lowest BCUT2D eigenvalue weighted by molar-refractivity contribution is -0.144. The van der Waals surface area contributed by atoms with Crippen LogP contribution in [-0.2, 0) is 11.3 Å². The first-order chi connectivity index (χ1) is 9.52. The molecule has 0 spiro atoms. The quantitative estimate of drug-likeness (QED) is 0.644. The van der Waals surface area contributed by atoms with Gasteiger partial charge in [0.05, 0.1) is 0 Å². The summed E-state index contributed by atoms with van der Waals surface area (Å²) in [5.74, 6) is -0.943. The van der Waals surface area contributed by atoms with Gasteiger partial charge in [-0.2, -0.15) is 5.10 Å². The largest absolute Gasteiger partial charge is 0.480 e. The number of rotatable bonds is 7. The minimum atomic E-state index is -1.16. The SMILES string of the molecule is CC(NC(=O)NCCCn1cccn1)(C(=O)O)C1CC1. The van der Waals surface area contributed by atoms with E-state index in [4.69, 9.17) is 0 Å². The predicted molar refractivity (Wildman–Crippen MR) is 72.1 cm³/mol. The van der Waals surface area contributed by atoms with Crippen LogP contribution in [0.3, 0.4) is 0 Å². The molecule has 1 atom stereocenters. The normalized spacial score (nSPS) is 17.2. The summed E-state index contributed by atoms with van der Waals surface area (Å²) in [7, 11) is 0. The lowest BCUT2D eigenvalue weighted by atomic mass is 9.96. The van der Waals surface area contributed by atoms with E-state index < -0.39 is 17.5 Å². The molecule has 1 aromatic heterocycles. The number of hydrogen-bond acceptors (Lipinski definition) is 3. The zero-order chi connectivity index (χ0) is 14.6. The first-order valence-corrected chi connectivity index (χ1v) is 6.79. The molecule has 1 saturated carbocycles. The molecule has 3 N–H and O–H groups in total. The highest BCUT2D eigenvalue weighted by molar-refractivity contribution is 5.86. The molecule has 1 aliphatic rings. The van der Waals surface area contributed by atoms with Crippen molar-refractivity contribution in [2.24, 2.45) is 5.92 Å². The van der Waals surface area contributed by atoms with Crippen LogP contribution in [0.5, 0.6) is 0 Å². The summed E-state index contributed by atoms with van der Waals surface area (Å²) in [5.41, 5.74) is -1.16. The Balaban J connectivity index is 1.70. The van der Waals surface area contributed by atoms with Crippen molar-refractivity contribution in [1.29, 1.82) is 0 Å². The standard InChI is InChI=1S/C13H20N4O3/c1-13(11(18)19,10-4-5-10)16-12(20)14-6-2-8-17-9-3-7-15-17/h3,7,9-10H,2,4-6,8H2,1H3,(H,18,19)(H2,14,16,20). The number of nitrogens with zero attached hydrogens (tertiary/aromatic N) is 2. The molecule has 7 nitrogen and oxygen atoms in total. The van der Waals surface area contributed by atoms with Gasteiger partial charge in [0.25, 0.3) is 0 Å². The highest BCUT2D eigenvalue weighted by Gasteiger charge is 2.48. The molecule has 1 heterocycles. The molecule has 2 rings (SSSR count). The average molecular weight is 280 g/mol. The van der Waals surface area contributed by atoms with Crippen molar-refractivity contribution in [1.82, 2.24) is 20.4 Å². The van der Waals surface area contributed by atoms with Crippen LogP contribution in [0.15, 0.2) is 18.5 Å². The van der Waals surface area contributed by atoms with Crippen molar-refractivity contribution in [3.63, 3.8) is 0 Å². The van der Waals surface area contributed by atoms with Crippen LogP contribution in [-0.4, -0.2) is 39.0 Å². The molecule has 2 amide bonds. The fourth-order valence-corrected chi connectivity index (χ4v) is 2.15. The molecule has 110 valence electrons. The van der Waals surface area contributed by atoms with Gasteiger partial charge in [0.1, 0.15) is 5.54 Å². The molecule has 1 unspecified atom stereocenters. The molecule has 20 heavy (non-hydrogen) atoms. The number of amides is 2. The maximum atomic E-state index is 11.7. The first-order valence-electron chi connectivity index (χ1n) is 6.79. The molecular weight excluding hydrogens is 260 g/mol. The third-order valence-electron chi connectivity index (χ3n) is 3.62. The Morgan fingerprint density at radius 1 is 1.50 bits per heavy atom. The van der Waals surface area contributed by atoms with Gasteiger partial charge in [-0.15, -0.1) is 0 Å². The number of urea groups is 1. The van der Waals surface area contributed by atoms with Crippen molar-refractivity contribution in [2.45, 2.75) is 38.3 Å². The zero-order valence-corrected chi connectivity index (χ0v) is 11.5. The van der Waals surface area contributed by atoms with Crippen molar-refractivity contribution < 1.29 is 14.7 Å². The van der Waals surface area contributed by atoms with E-state index in [2.05, 4.69) is 15.7 Å². The highest BCUT2D eigenvalue weighted by atomic mass is 16.4. The fourth-order valence-electron chi connectivity index (χ4n) is 2.15. The topological polar surface area (TPSA) is 96.3 Å². The Hall–Kier alpha value is -2.05. The zero-order valence-electron chi connectivity index (χ0n) is 11.5. The molecule has 1 fully saturated rings. The Bertz CT molecular complexity index is 470. The van der Waals surface area contributed by atoms with Crippen molar-refractivity contribution in [3.05, 3.63) is 18.5 Å². The molecule has 1 aromatic rings. The van der Waals surface area contributed by atoms with Crippen LogP contribution in [0.4, 0.5) is 4.79 Å². The number of aromatic nitrogens is 2. The fraction of sp³-hybridized carbons (Fsp3) is 0.615. The Labute approximate surface area is 117 Å². The number of hydrogen-bond donors (Lipinski definition) is 3. The number of carbonyl (C=O) groups excluding carboxylic acids is 1. The van der Waals surface area contributed by atoms with E-state index in [1.165, 1.54) is 0 Å². The average Bonchev–Trinajstić information content (AvgIpc) is 3.13. The van der Waals surface area contributed by atoms with Gasteiger partial charge in [0, 0.05) is 25.5 Å². The molecule has 1 aliphatic carbocycles. The third-order valence-corrected chi connectivity index (χ3v) is 3.62. The predicted octanol–water partition coefficient (Wildman–Crippen LogP) is 0.826. The van der Waals surface area contributed by atoms with E-state index in [1.54, 1.807) is 17.8 Å². The summed E-state index contributed by atoms with van der Waals surface area (Å²) >= 11 is 0. The van der Waals surface area contributed by atoms with Gasteiger partial charge in [0.15, 0.2) is 0 Å². The van der Waals surface area contributed by atoms with E-state index in [1.807, 2.05) is 12.3 Å². The monoisotopic (exact) mass is 280 g/mol. The summed E-state index contributed by atoms with van der Waals surface area (Å²) in [6.07, 6.45) is 6.00. The second-order valence-corrected chi connectivity index (χ2v) is 5.29. The molecule has 0 radical (unpaired) electrons. The van der Waals surface area contributed by atoms with E-state index in [-0.39, 0.29) is 5.92 Å². The number of aliphatic carboxylic acids is 1. The van der Waals surface area contributed by atoms with Crippen LogP contribution >= 0.6 is 0 Å². The van der Waals surface area contributed by atoms with Gasteiger partial charge >= 0.3 is 12.0 Å². The second kappa shape index (κ2) is 5.94. The van der Waals surface area contributed by atoms with E-state index in [0.717, 1.165) is 19.3 Å². The number of carboxylic acid groups (broad SMARTS) is 1. The van der Waals surface area contributed by atoms with Crippen molar-refractivity contribution in [2.75, 3.05) is 6.54 Å². The molecule has 0 aromatic carbocycles. The van der Waals surface area contributed by atoms with E-state index in [9.17, 15) is 14.7 Å². The molecule has 7 heteroatoms. The highest BCUT2D eigenvalue weighted by Crippen LogP contribution is 2.39. The van der Waals surface area contributed by atoms with Crippen LogP contribution in [0.1, 0.15) is 26.2 Å². The number of carbonyl (C=O) groups is 2. The van der Waals surface area contributed by atoms with Crippen LogP contribution < -0.4 is 10.6 Å². The first kappa shape index (κ1) is 14.4. The summed E-state index contributed by atoms with van der Waals surface area (Å²) < 4.78 is 1.78. The van der Waals surface area contributed by atoms with Gasteiger partial charge in [0.2, 0.25) is 0 Å². The summed E-state index contributed by atoms with van der Waals surface area (Å²) in [6, 6.07) is 1.41. The minimum Gasteiger partial charge on any atom is -0.480 e. The van der Waals surface area contributed by atoms with Crippen LogP contribution in [0.25, 0.3) is 0 Å². The minimum absolute atomic E-state index is 0.0369. The van der Waals surface area contributed by atoms with Gasteiger partial charge in [-0.1, -0.05) is 0 Å². The van der Waals surface area contributed by atoms with Gasteiger partial charge < -0.3 is 15.7 Å². The van der Waals surface area contributed by atoms with Gasteiger partial charge in [-0.25, -0.2) is 9.59 Å². The number of nitrogens with one attached hydrogen (secondary N) is 2. The second-order valence-electron chi connectivity index (χ2n) is 5.29. The molecule has 0 saturated heterocycles. The molecule has 0 bridgehead atoms. The van der Waals surface area contributed by atoms with Gasteiger partial charge in [-0.05, 0) is 38.2 Å². The maximum absolute atomic E-state index is 11.7. The maximum Gasteiger partial charge on any atom is 0.329 e. The van der Waals surface area contributed by atoms with E-state index >= 15 is 0 Å². The Morgan fingerprint density at radius 3 is 2.80 bits per heavy atom. The third kappa shape index (κ3) is 3.49. The van der Waals surface area contributed by atoms with Gasteiger partial charge in [-0.3, -0.25) is 4.68 Å². The smallest absolute Gasteiger partial charge is 0.329 e. The Morgan fingerprint density at radius 2 is 2.25 bits per heavy atom.